The molecule has 1 aliphatic heterocycles. The van der Waals surface area contributed by atoms with E-state index in [0.29, 0.717) is 23.5 Å². The highest BCUT2D eigenvalue weighted by atomic mass is 16.5. The van der Waals surface area contributed by atoms with Gasteiger partial charge in [-0.1, -0.05) is 32.0 Å². The van der Waals surface area contributed by atoms with Crippen LogP contribution in [0.25, 0.3) is 23.0 Å². The highest BCUT2D eigenvalue weighted by Crippen LogP contribution is 2.30. The van der Waals surface area contributed by atoms with Crippen molar-refractivity contribution in [2.45, 2.75) is 19.8 Å². The van der Waals surface area contributed by atoms with Gasteiger partial charge in [-0.25, -0.2) is 0 Å². The molecule has 1 aliphatic rings. The average molecular weight is 338 g/mol. The van der Waals surface area contributed by atoms with Crippen molar-refractivity contribution in [2.24, 2.45) is 0 Å². The molecule has 0 amide bonds. The lowest BCUT2D eigenvalue weighted by atomic mass is 10.0. The lowest BCUT2D eigenvalue weighted by Gasteiger charge is -2.25. The van der Waals surface area contributed by atoms with Crippen molar-refractivity contribution >= 4 is 5.95 Å². The molecule has 130 valence electrons. The summed E-state index contributed by atoms with van der Waals surface area (Å²) in [5, 5.41) is 7.40. The van der Waals surface area contributed by atoms with E-state index in [1.54, 1.807) is 0 Å². The minimum atomic E-state index is 0.416. The summed E-state index contributed by atoms with van der Waals surface area (Å²) in [6.07, 6.45) is 0. The summed E-state index contributed by atoms with van der Waals surface area (Å²) in [5.41, 5.74) is 2.34. The van der Waals surface area contributed by atoms with E-state index >= 15 is 0 Å². The minimum Gasteiger partial charge on any atom is -0.451 e. The van der Waals surface area contributed by atoms with Gasteiger partial charge < -0.3 is 19.2 Å². The number of hydrogen-bond acceptors (Lipinski definition) is 6. The normalized spacial score (nSPS) is 15.1. The molecule has 0 spiro atoms. The van der Waals surface area contributed by atoms with Crippen molar-refractivity contribution in [2.75, 3.05) is 31.1 Å². The van der Waals surface area contributed by atoms with Crippen LogP contribution in [0.1, 0.15) is 25.3 Å². The molecule has 1 N–H and O–H groups in total. The second kappa shape index (κ2) is 6.72. The smallest absolute Gasteiger partial charge is 0.295 e. The van der Waals surface area contributed by atoms with Crippen LogP contribution in [0, 0.1) is 0 Å². The molecule has 3 heterocycles. The molecule has 0 bridgehead atoms. The SMILES string of the molecule is CC(C)c1cccc(-c2ccc(-c3nc(N4CCNCC4)no3)o2)c1. The van der Waals surface area contributed by atoms with E-state index < -0.39 is 0 Å². The van der Waals surface area contributed by atoms with Crippen molar-refractivity contribution in [3.8, 4) is 23.0 Å². The van der Waals surface area contributed by atoms with Crippen molar-refractivity contribution < 1.29 is 8.94 Å². The van der Waals surface area contributed by atoms with E-state index in [9.17, 15) is 0 Å². The lowest BCUT2D eigenvalue weighted by molar-refractivity contribution is 0.414. The quantitative estimate of drug-likeness (QED) is 0.785. The molecule has 0 aliphatic carbocycles. The largest absolute Gasteiger partial charge is 0.451 e. The Morgan fingerprint density at radius 1 is 1.08 bits per heavy atom. The molecule has 1 fully saturated rings. The standard InChI is InChI=1S/C19H22N4O2/c1-13(2)14-4-3-5-15(12-14)16-6-7-17(24-16)18-21-19(22-25-18)23-10-8-20-9-11-23/h3-7,12-13,20H,8-11H2,1-2H3. The zero-order chi connectivity index (χ0) is 17.2. The molecule has 0 saturated carbocycles. The molecular weight excluding hydrogens is 316 g/mol. The number of rotatable bonds is 4. The lowest BCUT2D eigenvalue weighted by Crippen LogP contribution is -2.44. The summed E-state index contributed by atoms with van der Waals surface area (Å²) < 4.78 is 11.4. The third kappa shape index (κ3) is 3.30. The molecule has 4 rings (SSSR count). The first-order valence-electron chi connectivity index (χ1n) is 8.70. The number of piperazine rings is 1. The van der Waals surface area contributed by atoms with E-state index in [-0.39, 0.29) is 0 Å². The molecule has 1 saturated heterocycles. The fourth-order valence-corrected chi connectivity index (χ4v) is 2.97. The first-order valence-corrected chi connectivity index (χ1v) is 8.70. The molecule has 1 aromatic carbocycles. The molecule has 2 aromatic heterocycles. The maximum Gasteiger partial charge on any atom is 0.295 e. The number of benzene rings is 1. The first-order chi connectivity index (χ1) is 12.2. The number of furan rings is 1. The van der Waals surface area contributed by atoms with Crippen LogP contribution in [0.4, 0.5) is 5.95 Å². The van der Waals surface area contributed by atoms with Crippen LogP contribution >= 0.6 is 0 Å². The van der Waals surface area contributed by atoms with E-state index in [4.69, 9.17) is 8.94 Å². The van der Waals surface area contributed by atoms with E-state index in [1.165, 1.54) is 5.56 Å². The summed E-state index contributed by atoms with van der Waals surface area (Å²) >= 11 is 0. The summed E-state index contributed by atoms with van der Waals surface area (Å²) in [6, 6.07) is 12.2. The van der Waals surface area contributed by atoms with Gasteiger partial charge in [0.05, 0.1) is 0 Å². The number of aromatic nitrogens is 2. The Morgan fingerprint density at radius 2 is 1.88 bits per heavy atom. The van der Waals surface area contributed by atoms with Crippen LogP contribution in [-0.2, 0) is 0 Å². The Morgan fingerprint density at radius 3 is 2.68 bits per heavy atom. The van der Waals surface area contributed by atoms with Crippen LogP contribution in [0.2, 0.25) is 0 Å². The Balaban J connectivity index is 1.57. The minimum absolute atomic E-state index is 0.416. The van der Waals surface area contributed by atoms with Crippen LogP contribution in [-0.4, -0.2) is 36.3 Å². The van der Waals surface area contributed by atoms with Gasteiger partial charge in [-0.2, -0.15) is 4.98 Å². The highest BCUT2D eigenvalue weighted by Gasteiger charge is 2.19. The van der Waals surface area contributed by atoms with E-state index in [2.05, 4.69) is 58.5 Å². The molecular formula is C19H22N4O2. The van der Waals surface area contributed by atoms with Gasteiger partial charge in [0.2, 0.25) is 0 Å². The van der Waals surface area contributed by atoms with Crippen molar-refractivity contribution in [1.82, 2.24) is 15.5 Å². The summed E-state index contributed by atoms with van der Waals surface area (Å²) in [7, 11) is 0. The zero-order valence-electron chi connectivity index (χ0n) is 14.5. The van der Waals surface area contributed by atoms with Gasteiger partial charge in [-0.3, -0.25) is 0 Å². The molecule has 0 radical (unpaired) electrons. The Hall–Kier alpha value is -2.60. The number of hydrogen-bond donors (Lipinski definition) is 1. The predicted octanol–water partition coefficient (Wildman–Crippen LogP) is 3.53. The van der Waals surface area contributed by atoms with Crippen LogP contribution in [0.3, 0.4) is 0 Å². The zero-order valence-corrected chi connectivity index (χ0v) is 14.5. The topological polar surface area (TPSA) is 67.3 Å². The van der Waals surface area contributed by atoms with Gasteiger partial charge in [0.15, 0.2) is 5.76 Å². The molecule has 0 atom stereocenters. The highest BCUT2D eigenvalue weighted by molar-refractivity contribution is 5.62. The molecule has 6 nitrogen and oxygen atoms in total. The summed E-state index contributed by atoms with van der Waals surface area (Å²) in [5.74, 6) is 2.92. The first kappa shape index (κ1) is 15.9. The Labute approximate surface area is 146 Å². The van der Waals surface area contributed by atoms with Gasteiger partial charge >= 0.3 is 0 Å². The summed E-state index contributed by atoms with van der Waals surface area (Å²) in [4.78, 5) is 6.59. The monoisotopic (exact) mass is 338 g/mol. The number of nitrogens with one attached hydrogen (secondary N) is 1. The van der Waals surface area contributed by atoms with Crippen molar-refractivity contribution in [1.29, 1.82) is 0 Å². The predicted molar refractivity (Wildman–Crippen MR) is 96.6 cm³/mol. The van der Waals surface area contributed by atoms with Crippen molar-refractivity contribution in [3.63, 3.8) is 0 Å². The van der Waals surface area contributed by atoms with E-state index in [0.717, 1.165) is 37.5 Å². The van der Waals surface area contributed by atoms with Gasteiger partial charge in [-0.05, 0) is 34.8 Å². The fourth-order valence-electron chi connectivity index (χ4n) is 2.97. The van der Waals surface area contributed by atoms with Crippen molar-refractivity contribution in [3.05, 3.63) is 42.0 Å². The van der Waals surface area contributed by atoms with Crippen LogP contribution < -0.4 is 10.2 Å². The molecule has 6 heteroatoms. The third-order valence-corrected chi connectivity index (χ3v) is 4.47. The Kier molecular flexibility index (Phi) is 4.28. The maximum absolute atomic E-state index is 5.96. The van der Waals surface area contributed by atoms with Crippen LogP contribution in [0.15, 0.2) is 45.3 Å². The van der Waals surface area contributed by atoms with Gasteiger partial charge in [0, 0.05) is 31.7 Å². The number of anilines is 1. The maximum atomic E-state index is 5.96. The fraction of sp³-hybridized carbons (Fsp3) is 0.368. The van der Waals surface area contributed by atoms with Gasteiger partial charge in [0.25, 0.3) is 11.8 Å². The molecule has 25 heavy (non-hydrogen) atoms. The second-order valence-corrected chi connectivity index (χ2v) is 6.58. The Bertz CT molecular complexity index is 846. The van der Waals surface area contributed by atoms with E-state index in [1.807, 2.05) is 12.1 Å². The van der Waals surface area contributed by atoms with Gasteiger partial charge in [0.1, 0.15) is 5.76 Å². The molecule has 3 aromatic rings. The average Bonchev–Trinajstić information content (AvgIpc) is 3.32. The third-order valence-electron chi connectivity index (χ3n) is 4.47. The number of nitrogens with zero attached hydrogens (tertiary/aromatic N) is 3. The van der Waals surface area contributed by atoms with Crippen LogP contribution in [0.5, 0.6) is 0 Å². The van der Waals surface area contributed by atoms with Gasteiger partial charge in [-0.15, -0.1) is 0 Å². The molecule has 0 unspecified atom stereocenters. The second-order valence-electron chi connectivity index (χ2n) is 6.58. The summed E-state index contributed by atoms with van der Waals surface area (Å²) in [6.45, 7) is 7.99.